The number of rotatable bonds is 11. The van der Waals surface area contributed by atoms with Crippen LogP contribution in [0.4, 0.5) is 17.3 Å². The van der Waals surface area contributed by atoms with Gasteiger partial charge in [-0.15, -0.1) is 6.58 Å². The molecule has 63 heavy (non-hydrogen) atoms. The van der Waals surface area contributed by atoms with E-state index in [-0.39, 0.29) is 29.8 Å². The first kappa shape index (κ1) is 41.3. The van der Waals surface area contributed by atoms with Crippen molar-refractivity contribution in [2.45, 2.75) is 102 Å². The molecule has 0 spiro atoms. The minimum Gasteiger partial charge on any atom is -0.384 e. The van der Waals surface area contributed by atoms with Crippen LogP contribution < -0.4 is 21.1 Å². The maximum atomic E-state index is 13.6. The number of nitrogens with zero attached hydrogens (tertiary/aromatic N) is 8. The minimum absolute atomic E-state index is 0.173. The zero-order chi connectivity index (χ0) is 43.2. The molecule has 14 heteroatoms. The van der Waals surface area contributed by atoms with Gasteiger partial charge in [0, 0.05) is 62.8 Å². The predicted octanol–water partition coefficient (Wildman–Crippen LogP) is 5.71. The van der Waals surface area contributed by atoms with E-state index in [2.05, 4.69) is 79.4 Å². The number of hydrogen-bond donors (Lipinski definition) is 3. The maximum absolute atomic E-state index is 13.6. The van der Waals surface area contributed by atoms with Crippen molar-refractivity contribution in [1.29, 1.82) is 0 Å². The van der Waals surface area contributed by atoms with Crippen molar-refractivity contribution in [1.82, 2.24) is 39.4 Å². The fourth-order valence-corrected chi connectivity index (χ4v) is 10.8. The third kappa shape index (κ3) is 8.08. The second-order valence-corrected chi connectivity index (χ2v) is 18.4. The van der Waals surface area contributed by atoms with E-state index < -0.39 is 5.60 Å². The van der Waals surface area contributed by atoms with E-state index >= 15 is 0 Å². The molecule has 5 aromatic rings. The van der Waals surface area contributed by atoms with Crippen molar-refractivity contribution in [2.24, 2.45) is 5.92 Å². The number of benzene rings is 2. The Morgan fingerprint density at radius 2 is 1.68 bits per heavy atom. The molecule has 0 saturated carbocycles. The Kier molecular flexibility index (Phi) is 11.2. The van der Waals surface area contributed by atoms with Crippen molar-refractivity contribution < 1.29 is 14.7 Å². The Labute approximate surface area is 368 Å². The Hall–Kier alpha value is -5.70. The second-order valence-electron chi connectivity index (χ2n) is 18.4. The van der Waals surface area contributed by atoms with Crippen LogP contribution in [0.25, 0.3) is 16.9 Å². The van der Waals surface area contributed by atoms with Gasteiger partial charge in [0.1, 0.15) is 11.0 Å². The summed E-state index contributed by atoms with van der Waals surface area (Å²) in [5, 5.41) is 17.6. The summed E-state index contributed by atoms with van der Waals surface area (Å²) in [5.74, 6) is 1.04. The van der Waals surface area contributed by atoms with E-state index in [1.54, 1.807) is 21.6 Å². The van der Waals surface area contributed by atoms with Crippen LogP contribution in [0.5, 0.6) is 0 Å². The largest absolute Gasteiger partial charge is 0.384 e. The molecule has 2 atom stereocenters. The lowest BCUT2D eigenvalue weighted by Crippen LogP contribution is -2.48. The highest BCUT2D eigenvalue weighted by atomic mass is 16.3. The Bertz CT molecular complexity index is 2610. The number of amides is 2. The number of imide groups is 1. The molecule has 5 aliphatic rings. The first-order valence-corrected chi connectivity index (χ1v) is 23.0. The first-order chi connectivity index (χ1) is 30.7. The molecule has 0 radical (unpaired) electrons. The van der Waals surface area contributed by atoms with Gasteiger partial charge >= 0.3 is 0 Å². The van der Waals surface area contributed by atoms with E-state index in [0.29, 0.717) is 66.1 Å². The number of carbonyl (C=O) groups is 2. The van der Waals surface area contributed by atoms with Crippen LogP contribution in [0.1, 0.15) is 92.2 Å². The number of pyridine rings is 1. The number of aliphatic hydroxyl groups is 1. The molecule has 2 aromatic carbocycles. The van der Waals surface area contributed by atoms with Gasteiger partial charge in [-0.25, -0.2) is 19.3 Å². The van der Waals surface area contributed by atoms with Gasteiger partial charge in [0.15, 0.2) is 11.5 Å². The van der Waals surface area contributed by atoms with E-state index in [1.165, 1.54) is 49.0 Å². The van der Waals surface area contributed by atoms with Crippen LogP contribution in [-0.4, -0.2) is 96.3 Å². The summed E-state index contributed by atoms with van der Waals surface area (Å²) in [6, 6.07) is 19.5. The first-order valence-electron chi connectivity index (χ1n) is 23.0. The van der Waals surface area contributed by atoms with Crippen LogP contribution in [0.3, 0.4) is 0 Å². The van der Waals surface area contributed by atoms with Crippen LogP contribution in [0.2, 0.25) is 0 Å². The molecule has 14 nitrogen and oxygen atoms in total. The normalized spacial score (nSPS) is 22.6. The molecule has 7 heterocycles. The van der Waals surface area contributed by atoms with Gasteiger partial charge in [0.2, 0.25) is 17.8 Å². The van der Waals surface area contributed by atoms with Gasteiger partial charge in [-0.3, -0.25) is 24.6 Å². The van der Waals surface area contributed by atoms with Crippen LogP contribution in [-0.2, 0) is 41.1 Å². The molecule has 10 rings (SSSR count). The average Bonchev–Trinajstić information content (AvgIpc) is 3.78. The van der Waals surface area contributed by atoms with Gasteiger partial charge in [0.25, 0.3) is 5.56 Å². The predicted molar refractivity (Wildman–Crippen MR) is 243 cm³/mol. The molecular formula is C49H58N10O4. The number of aromatic nitrogens is 5. The number of allylic oxidation sites excluding steroid dienone is 1. The Balaban J connectivity index is 0.732. The number of likely N-dealkylation sites (tertiary alicyclic amines) is 1. The topological polar surface area (TPSA) is 154 Å². The maximum Gasteiger partial charge on any atom is 0.278 e. The Morgan fingerprint density at radius 1 is 0.889 bits per heavy atom. The van der Waals surface area contributed by atoms with Crippen LogP contribution in [0.15, 0.2) is 78.2 Å². The molecule has 3 fully saturated rings. The highest BCUT2D eigenvalue weighted by Crippen LogP contribution is 2.39. The monoisotopic (exact) mass is 850 g/mol. The fraction of sp³-hybridized carbons (Fsp3) is 0.469. The number of piperidine rings is 3. The minimum atomic E-state index is -0.984. The fourth-order valence-electron chi connectivity index (χ4n) is 10.8. The number of carbonyl (C=O) groups excluding carboxylic acids is 2. The molecule has 2 amide bonds. The van der Waals surface area contributed by atoms with Crippen LogP contribution in [0, 0.1) is 5.92 Å². The summed E-state index contributed by atoms with van der Waals surface area (Å²) >= 11 is 0. The second kappa shape index (κ2) is 17.1. The molecule has 3 saturated heterocycles. The number of nitrogens with one attached hydrogen (secondary N) is 2. The molecule has 1 unspecified atom stereocenters. The van der Waals surface area contributed by atoms with Crippen LogP contribution >= 0.6 is 0 Å². The molecule has 4 aliphatic heterocycles. The Morgan fingerprint density at radius 3 is 2.44 bits per heavy atom. The highest BCUT2D eigenvalue weighted by molar-refractivity contribution is 6.01. The molecule has 0 bridgehead atoms. The molecular weight excluding hydrogens is 793 g/mol. The molecule has 1 aliphatic carbocycles. The zero-order valence-electron chi connectivity index (χ0n) is 36.3. The van der Waals surface area contributed by atoms with Gasteiger partial charge in [-0.05, 0) is 129 Å². The zero-order valence-corrected chi connectivity index (χ0v) is 36.3. The molecule has 328 valence electrons. The van der Waals surface area contributed by atoms with Crippen molar-refractivity contribution in [3.8, 4) is 5.82 Å². The third-order valence-electron chi connectivity index (χ3n) is 14.6. The smallest absolute Gasteiger partial charge is 0.278 e. The van der Waals surface area contributed by atoms with Gasteiger partial charge in [-0.1, -0.05) is 37.3 Å². The van der Waals surface area contributed by atoms with Crippen molar-refractivity contribution in [3.63, 3.8) is 0 Å². The lowest BCUT2D eigenvalue weighted by molar-refractivity contribution is -0.134. The summed E-state index contributed by atoms with van der Waals surface area (Å²) in [6.07, 6.45) is 12.0. The number of hydrogen-bond acceptors (Lipinski definition) is 11. The average molecular weight is 851 g/mol. The number of anilines is 3. The lowest BCUT2D eigenvalue weighted by Gasteiger charge is -2.42. The van der Waals surface area contributed by atoms with Gasteiger partial charge in [0.05, 0.1) is 18.2 Å². The van der Waals surface area contributed by atoms with Gasteiger partial charge in [-0.2, -0.15) is 4.98 Å². The molecule has 3 aromatic heterocycles. The summed E-state index contributed by atoms with van der Waals surface area (Å²) in [6.45, 7) is 13.7. The van der Waals surface area contributed by atoms with Crippen molar-refractivity contribution in [3.05, 3.63) is 112 Å². The van der Waals surface area contributed by atoms with Crippen molar-refractivity contribution in [2.75, 3.05) is 49.5 Å². The quantitative estimate of drug-likeness (QED) is 0.111. The highest BCUT2D eigenvalue weighted by Gasteiger charge is 2.37. The molecule has 3 N–H and O–H groups in total. The summed E-state index contributed by atoms with van der Waals surface area (Å²) < 4.78 is 3.30. The SMILES string of the molecule is C=CCn1c(=O)c2cnc(Nc3ccc4c(c3)CCN(C3CCN(CC5CCN(c6ccc(C7CCC(=O)NC7=O)cc6)CC5)CC3)C4)nc2n1-c1ccc2c(n1)[C@@](O)(CC)CC2. The van der Waals surface area contributed by atoms with E-state index in [9.17, 15) is 19.5 Å². The summed E-state index contributed by atoms with van der Waals surface area (Å²) in [5.41, 5.74) is 6.77. The van der Waals surface area contributed by atoms with E-state index in [0.717, 1.165) is 68.9 Å². The standard InChI is InChI=1S/C49H58N10O4/c1-3-22-58-47(62)41-29-50-48(54-45(41)59(58)42-13-8-34-15-21-49(63,4-2)44(34)52-42)51-37-9-5-36-31-57(27-18-35(36)28-37)39-19-23-55(24-20-39)30-32-16-25-56(26-17-32)38-10-6-33(7-11-38)40-12-14-43(60)53-46(40)61/h3,5-11,13,28-29,32,39-40,63H,1,4,12,14-27,30-31H2,2H3,(H,50,51,54)(H,53,60,61)/t40?,49-/m1/s1. The van der Waals surface area contributed by atoms with Crippen molar-refractivity contribution >= 4 is 40.2 Å². The summed E-state index contributed by atoms with van der Waals surface area (Å²) in [4.78, 5) is 59.7. The van der Waals surface area contributed by atoms with E-state index in [1.807, 2.05) is 19.1 Å². The lowest BCUT2D eigenvalue weighted by atomic mass is 9.90. The number of fused-ring (bicyclic) bond motifs is 3. The summed E-state index contributed by atoms with van der Waals surface area (Å²) in [7, 11) is 0. The van der Waals surface area contributed by atoms with Gasteiger partial charge < -0.3 is 20.2 Å². The third-order valence-corrected chi connectivity index (χ3v) is 14.6. The number of aryl methyl sites for hydroxylation is 1. The van der Waals surface area contributed by atoms with E-state index in [4.69, 9.17) is 9.97 Å².